The number of benzene rings is 1. The molecule has 1 aromatic rings. The first-order valence-electron chi connectivity index (χ1n) is 6.04. The van der Waals surface area contributed by atoms with Crippen molar-refractivity contribution in [1.29, 1.82) is 0 Å². The van der Waals surface area contributed by atoms with Crippen LogP contribution in [0.4, 0.5) is 4.39 Å². The molecule has 4 heteroatoms. The molecule has 3 nitrogen and oxygen atoms in total. The third-order valence-corrected chi connectivity index (χ3v) is 2.82. The van der Waals surface area contributed by atoms with Crippen LogP contribution in [-0.4, -0.2) is 29.6 Å². The maximum absolute atomic E-state index is 13.1. The maximum Gasteiger partial charge on any atom is 0.303 e. The molecule has 0 aromatic heterocycles. The predicted octanol–water partition coefficient (Wildman–Crippen LogP) is 2.68. The van der Waals surface area contributed by atoms with E-state index in [1.807, 2.05) is 20.0 Å². The molecule has 0 fully saturated rings. The van der Waals surface area contributed by atoms with Crippen LogP contribution in [0.3, 0.4) is 0 Å². The Morgan fingerprint density at radius 1 is 1.50 bits per heavy atom. The highest BCUT2D eigenvalue weighted by Gasteiger charge is 2.11. The van der Waals surface area contributed by atoms with Crippen LogP contribution in [0.1, 0.15) is 24.5 Å². The van der Waals surface area contributed by atoms with Crippen LogP contribution in [0.25, 0.3) is 0 Å². The van der Waals surface area contributed by atoms with Gasteiger partial charge in [0.2, 0.25) is 0 Å². The molecule has 100 valence electrons. The number of aliphatic carboxylic acids is 1. The second-order valence-electron chi connectivity index (χ2n) is 4.98. The smallest absolute Gasteiger partial charge is 0.303 e. The molecule has 0 spiro atoms. The van der Waals surface area contributed by atoms with Gasteiger partial charge >= 0.3 is 5.97 Å². The Labute approximate surface area is 107 Å². The van der Waals surface area contributed by atoms with Gasteiger partial charge in [-0.25, -0.2) is 4.39 Å². The van der Waals surface area contributed by atoms with E-state index in [9.17, 15) is 9.18 Å². The lowest BCUT2D eigenvalue weighted by molar-refractivity contribution is -0.138. The summed E-state index contributed by atoms with van der Waals surface area (Å²) >= 11 is 0. The topological polar surface area (TPSA) is 40.5 Å². The van der Waals surface area contributed by atoms with Crippen molar-refractivity contribution in [3.63, 3.8) is 0 Å². The average molecular weight is 253 g/mol. The Morgan fingerprint density at radius 2 is 2.17 bits per heavy atom. The van der Waals surface area contributed by atoms with Gasteiger partial charge in [0.05, 0.1) is 0 Å². The summed E-state index contributed by atoms with van der Waals surface area (Å²) in [5.41, 5.74) is 1.68. The van der Waals surface area contributed by atoms with E-state index < -0.39 is 5.97 Å². The van der Waals surface area contributed by atoms with E-state index in [-0.39, 0.29) is 18.2 Å². The lowest BCUT2D eigenvalue weighted by Gasteiger charge is -2.20. The molecule has 0 radical (unpaired) electrons. The van der Waals surface area contributed by atoms with Crippen molar-refractivity contribution in [3.8, 4) is 0 Å². The van der Waals surface area contributed by atoms with Gasteiger partial charge in [-0.1, -0.05) is 19.1 Å². The number of halogens is 1. The van der Waals surface area contributed by atoms with Gasteiger partial charge in [-0.3, -0.25) is 4.79 Å². The minimum absolute atomic E-state index is 0.106. The highest BCUT2D eigenvalue weighted by Crippen LogP contribution is 2.12. The van der Waals surface area contributed by atoms with Crippen molar-refractivity contribution in [2.24, 2.45) is 5.92 Å². The van der Waals surface area contributed by atoms with E-state index >= 15 is 0 Å². The summed E-state index contributed by atoms with van der Waals surface area (Å²) in [6, 6.07) is 5.06. The molecule has 1 N–H and O–H groups in total. The number of hydrogen-bond donors (Lipinski definition) is 1. The summed E-state index contributed by atoms with van der Waals surface area (Å²) in [4.78, 5) is 12.6. The molecular weight excluding hydrogens is 233 g/mol. The first-order chi connectivity index (χ1) is 8.38. The van der Waals surface area contributed by atoms with Crippen LogP contribution in [0.15, 0.2) is 18.2 Å². The predicted molar refractivity (Wildman–Crippen MR) is 68.9 cm³/mol. The van der Waals surface area contributed by atoms with Gasteiger partial charge in [-0.2, -0.15) is 0 Å². The van der Waals surface area contributed by atoms with Gasteiger partial charge < -0.3 is 10.0 Å². The summed E-state index contributed by atoms with van der Waals surface area (Å²) in [7, 11) is 1.94. The highest BCUT2D eigenvalue weighted by atomic mass is 19.1. The minimum Gasteiger partial charge on any atom is -0.481 e. The number of aryl methyl sites for hydroxylation is 1. The molecule has 0 bridgehead atoms. The normalized spacial score (nSPS) is 12.7. The van der Waals surface area contributed by atoms with E-state index in [0.717, 1.165) is 5.56 Å². The van der Waals surface area contributed by atoms with Crippen LogP contribution in [0.2, 0.25) is 0 Å². The van der Waals surface area contributed by atoms with Crippen molar-refractivity contribution >= 4 is 5.97 Å². The first-order valence-corrected chi connectivity index (χ1v) is 6.04. The number of nitrogens with zero attached hydrogens (tertiary/aromatic N) is 1. The van der Waals surface area contributed by atoms with Gasteiger partial charge in [0.15, 0.2) is 0 Å². The van der Waals surface area contributed by atoms with E-state index in [4.69, 9.17) is 5.11 Å². The lowest BCUT2D eigenvalue weighted by atomic mass is 10.1. The van der Waals surface area contributed by atoms with Gasteiger partial charge in [-0.15, -0.1) is 0 Å². The van der Waals surface area contributed by atoms with Crippen LogP contribution in [-0.2, 0) is 11.3 Å². The van der Waals surface area contributed by atoms with Gasteiger partial charge in [0.1, 0.15) is 5.82 Å². The molecule has 1 unspecified atom stereocenters. The zero-order chi connectivity index (χ0) is 13.7. The molecule has 0 amide bonds. The summed E-state index contributed by atoms with van der Waals surface area (Å²) in [6.07, 6.45) is 0.173. The minimum atomic E-state index is -0.770. The molecule has 0 saturated carbocycles. The zero-order valence-corrected chi connectivity index (χ0v) is 11.1. The fourth-order valence-electron chi connectivity index (χ4n) is 2.08. The van der Waals surface area contributed by atoms with E-state index in [1.54, 1.807) is 13.0 Å². The number of hydrogen-bond acceptors (Lipinski definition) is 2. The number of carbonyl (C=O) groups is 1. The number of rotatable bonds is 6. The van der Waals surface area contributed by atoms with Gasteiger partial charge in [-0.05, 0) is 37.1 Å². The summed E-state index contributed by atoms with van der Waals surface area (Å²) in [6.45, 7) is 5.07. The monoisotopic (exact) mass is 253 g/mol. The van der Waals surface area contributed by atoms with Gasteiger partial charge in [0, 0.05) is 19.5 Å². The van der Waals surface area contributed by atoms with Crippen LogP contribution in [0.5, 0.6) is 0 Å². The Balaban J connectivity index is 2.51. The largest absolute Gasteiger partial charge is 0.481 e. The molecule has 1 atom stereocenters. The fraction of sp³-hybridized carbons (Fsp3) is 0.500. The molecule has 0 heterocycles. The lowest BCUT2D eigenvalue weighted by Crippen LogP contribution is -2.25. The third kappa shape index (κ3) is 4.84. The molecule has 1 rings (SSSR count). The summed E-state index contributed by atoms with van der Waals surface area (Å²) < 4.78 is 13.1. The molecule has 0 saturated heterocycles. The maximum atomic E-state index is 13.1. The van der Waals surface area contributed by atoms with Crippen molar-refractivity contribution < 1.29 is 14.3 Å². The second kappa shape index (κ2) is 6.50. The highest BCUT2D eigenvalue weighted by molar-refractivity contribution is 5.66. The van der Waals surface area contributed by atoms with Crippen LogP contribution in [0, 0.1) is 18.7 Å². The van der Waals surface area contributed by atoms with E-state index in [1.165, 1.54) is 6.07 Å². The molecule has 1 aromatic carbocycles. The van der Waals surface area contributed by atoms with Crippen molar-refractivity contribution in [3.05, 3.63) is 35.1 Å². The standard InChI is InChI=1S/C14H20FNO2/c1-10(6-14(17)18)8-16(3)9-12-4-5-13(15)11(2)7-12/h4-5,7,10H,6,8-9H2,1-3H3,(H,17,18). The van der Waals surface area contributed by atoms with Crippen LogP contribution >= 0.6 is 0 Å². The molecule has 18 heavy (non-hydrogen) atoms. The Bertz CT molecular complexity index is 420. The number of carboxylic acids is 1. The van der Waals surface area contributed by atoms with Crippen molar-refractivity contribution in [1.82, 2.24) is 4.90 Å². The fourth-order valence-corrected chi connectivity index (χ4v) is 2.08. The summed E-state index contributed by atoms with van der Waals surface area (Å²) in [5.74, 6) is -0.858. The molecule has 0 aliphatic rings. The second-order valence-corrected chi connectivity index (χ2v) is 4.98. The first kappa shape index (κ1) is 14.6. The Hall–Kier alpha value is -1.42. The molecular formula is C14H20FNO2. The van der Waals surface area contributed by atoms with Crippen molar-refractivity contribution in [2.45, 2.75) is 26.8 Å². The molecule has 0 aliphatic heterocycles. The number of carboxylic acid groups (broad SMARTS) is 1. The third-order valence-electron chi connectivity index (χ3n) is 2.82. The van der Waals surface area contributed by atoms with Gasteiger partial charge in [0.25, 0.3) is 0 Å². The SMILES string of the molecule is Cc1cc(CN(C)CC(C)CC(=O)O)ccc1F. The van der Waals surface area contributed by atoms with E-state index in [2.05, 4.69) is 4.90 Å². The zero-order valence-electron chi connectivity index (χ0n) is 11.1. The Morgan fingerprint density at radius 3 is 2.72 bits per heavy atom. The van der Waals surface area contributed by atoms with Crippen molar-refractivity contribution in [2.75, 3.05) is 13.6 Å². The average Bonchev–Trinajstić information content (AvgIpc) is 2.21. The summed E-state index contributed by atoms with van der Waals surface area (Å²) in [5, 5.41) is 8.69. The van der Waals surface area contributed by atoms with E-state index in [0.29, 0.717) is 18.7 Å². The Kier molecular flexibility index (Phi) is 5.28. The molecule has 0 aliphatic carbocycles. The quantitative estimate of drug-likeness (QED) is 0.847. The van der Waals surface area contributed by atoms with Crippen LogP contribution < -0.4 is 0 Å².